The van der Waals surface area contributed by atoms with Crippen molar-refractivity contribution in [3.05, 3.63) is 0 Å². The SMILES string of the molecule is CC1(C)CC2(CCS1)OC(=O)CC2C(N)=S. The Morgan fingerprint density at radius 1 is 1.62 bits per heavy atom. The summed E-state index contributed by atoms with van der Waals surface area (Å²) in [5.74, 6) is 0.773. The van der Waals surface area contributed by atoms with Crippen molar-refractivity contribution in [3.63, 3.8) is 0 Å². The molecule has 0 aliphatic carbocycles. The standard InChI is InChI=1S/C11H17NO2S2/c1-10(2)6-11(3-4-16-10)7(9(12)15)5-8(13)14-11/h7H,3-6H2,1-2H3,(H2,12,15). The van der Waals surface area contributed by atoms with E-state index in [1.807, 2.05) is 11.8 Å². The topological polar surface area (TPSA) is 52.3 Å². The van der Waals surface area contributed by atoms with Crippen LogP contribution in [0.5, 0.6) is 0 Å². The summed E-state index contributed by atoms with van der Waals surface area (Å²) in [4.78, 5) is 11.9. The molecular weight excluding hydrogens is 242 g/mol. The van der Waals surface area contributed by atoms with E-state index in [4.69, 9.17) is 22.7 Å². The van der Waals surface area contributed by atoms with Crippen LogP contribution in [0.3, 0.4) is 0 Å². The molecular formula is C11H17NO2S2. The number of carbonyl (C=O) groups is 1. The van der Waals surface area contributed by atoms with Crippen molar-refractivity contribution in [1.82, 2.24) is 0 Å². The Kier molecular flexibility index (Phi) is 2.95. The third-order valence-electron chi connectivity index (χ3n) is 3.41. The highest BCUT2D eigenvalue weighted by Crippen LogP contribution is 2.50. The lowest BCUT2D eigenvalue weighted by Gasteiger charge is -2.43. The van der Waals surface area contributed by atoms with Gasteiger partial charge in [0.15, 0.2) is 0 Å². The highest BCUT2D eigenvalue weighted by Gasteiger charge is 2.54. The average Bonchev–Trinajstić information content (AvgIpc) is 2.40. The molecule has 90 valence electrons. The molecule has 1 spiro atoms. The van der Waals surface area contributed by atoms with Gasteiger partial charge in [-0.2, -0.15) is 11.8 Å². The van der Waals surface area contributed by atoms with Crippen molar-refractivity contribution in [2.75, 3.05) is 5.75 Å². The summed E-state index contributed by atoms with van der Waals surface area (Å²) in [6, 6.07) is 0. The minimum absolute atomic E-state index is 0.0739. The summed E-state index contributed by atoms with van der Waals surface area (Å²) in [5, 5.41) is 0. The van der Waals surface area contributed by atoms with E-state index in [1.165, 1.54) is 0 Å². The highest BCUT2D eigenvalue weighted by atomic mass is 32.2. The molecule has 5 heteroatoms. The van der Waals surface area contributed by atoms with Crippen LogP contribution in [0.15, 0.2) is 0 Å². The van der Waals surface area contributed by atoms with Crippen LogP contribution < -0.4 is 5.73 Å². The van der Waals surface area contributed by atoms with E-state index in [-0.39, 0.29) is 16.6 Å². The maximum Gasteiger partial charge on any atom is 0.307 e. The lowest BCUT2D eigenvalue weighted by molar-refractivity contribution is -0.150. The molecule has 0 aromatic heterocycles. The van der Waals surface area contributed by atoms with Crippen molar-refractivity contribution >= 4 is 34.9 Å². The maximum atomic E-state index is 11.5. The fourth-order valence-electron chi connectivity index (χ4n) is 2.80. The predicted octanol–water partition coefficient (Wildman–Crippen LogP) is 1.88. The molecule has 2 unspecified atom stereocenters. The molecule has 16 heavy (non-hydrogen) atoms. The van der Waals surface area contributed by atoms with Gasteiger partial charge in [0.1, 0.15) is 5.60 Å². The van der Waals surface area contributed by atoms with Crippen molar-refractivity contribution in [3.8, 4) is 0 Å². The summed E-state index contributed by atoms with van der Waals surface area (Å²) in [7, 11) is 0. The average molecular weight is 259 g/mol. The van der Waals surface area contributed by atoms with Gasteiger partial charge in [-0.1, -0.05) is 26.1 Å². The van der Waals surface area contributed by atoms with Gasteiger partial charge in [-0.25, -0.2) is 0 Å². The molecule has 0 aromatic carbocycles. The molecule has 2 rings (SSSR count). The van der Waals surface area contributed by atoms with Crippen LogP contribution in [-0.4, -0.2) is 27.1 Å². The van der Waals surface area contributed by atoms with Gasteiger partial charge in [0.05, 0.1) is 17.3 Å². The van der Waals surface area contributed by atoms with Crippen LogP contribution in [-0.2, 0) is 9.53 Å². The van der Waals surface area contributed by atoms with Gasteiger partial charge < -0.3 is 10.5 Å². The summed E-state index contributed by atoms with van der Waals surface area (Å²) in [5.41, 5.74) is 5.33. The molecule has 2 aliphatic heterocycles. The number of hydrogen-bond donors (Lipinski definition) is 1. The number of ether oxygens (including phenoxy) is 1. The lowest BCUT2D eigenvalue weighted by atomic mass is 9.78. The van der Waals surface area contributed by atoms with E-state index in [1.54, 1.807) is 0 Å². The number of thioether (sulfide) groups is 1. The smallest absolute Gasteiger partial charge is 0.307 e. The second-order valence-corrected chi connectivity index (χ2v) is 7.51. The first-order valence-corrected chi connectivity index (χ1v) is 6.89. The van der Waals surface area contributed by atoms with Gasteiger partial charge >= 0.3 is 5.97 Å². The summed E-state index contributed by atoms with van der Waals surface area (Å²) in [6.45, 7) is 4.36. The maximum absolute atomic E-state index is 11.5. The van der Waals surface area contributed by atoms with Crippen molar-refractivity contribution < 1.29 is 9.53 Å². The van der Waals surface area contributed by atoms with Crippen LogP contribution in [0.2, 0.25) is 0 Å². The molecule has 2 atom stereocenters. The zero-order valence-electron chi connectivity index (χ0n) is 9.62. The Balaban J connectivity index is 2.28. The Labute approximate surface area is 105 Å². The number of nitrogens with two attached hydrogens (primary N) is 1. The largest absolute Gasteiger partial charge is 0.458 e. The Hall–Kier alpha value is -0.290. The van der Waals surface area contributed by atoms with E-state index in [0.29, 0.717) is 11.4 Å². The van der Waals surface area contributed by atoms with Crippen LogP contribution in [0.25, 0.3) is 0 Å². The van der Waals surface area contributed by atoms with Crippen molar-refractivity contribution in [2.24, 2.45) is 11.7 Å². The Bertz CT molecular complexity index is 343. The minimum atomic E-state index is -0.419. The van der Waals surface area contributed by atoms with Gasteiger partial charge in [-0.3, -0.25) is 4.79 Å². The number of hydrogen-bond acceptors (Lipinski definition) is 4. The Morgan fingerprint density at radius 3 is 2.88 bits per heavy atom. The first-order chi connectivity index (χ1) is 7.35. The fraction of sp³-hybridized carbons (Fsp3) is 0.818. The van der Waals surface area contributed by atoms with Gasteiger partial charge in [-0.15, -0.1) is 0 Å². The number of carbonyl (C=O) groups excluding carboxylic acids is 1. The molecule has 0 aromatic rings. The van der Waals surface area contributed by atoms with Crippen LogP contribution in [0.1, 0.15) is 33.1 Å². The molecule has 0 saturated carbocycles. The molecule has 2 fully saturated rings. The fourth-order valence-corrected chi connectivity index (χ4v) is 4.44. The normalized spacial score (nSPS) is 37.4. The Morgan fingerprint density at radius 2 is 2.31 bits per heavy atom. The van der Waals surface area contributed by atoms with E-state index >= 15 is 0 Å². The first kappa shape index (κ1) is 12.2. The molecule has 2 heterocycles. The van der Waals surface area contributed by atoms with Crippen LogP contribution in [0.4, 0.5) is 0 Å². The van der Waals surface area contributed by atoms with Gasteiger partial charge in [-0.05, 0) is 12.2 Å². The molecule has 0 amide bonds. The molecule has 2 N–H and O–H groups in total. The van der Waals surface area contributed by atoms with E-state index < -0.39 is 5.60 Å². The summed E-state index contributed by atoms with van der Waals surface area (Å²) >= 11 is 7.00. The number of thiocarbonyl (C=S) groups is 1. The minimum Gasteiger partial charge on any atom is -0.458 e. The van der Waals surface area contributed by atoms with Gasteiger partial charge in [0.2, 0.25) is 0 Å². The zero-order chi connectivity index (χ0) is 12.0. The monoisotopic (exact) mass is 259 g/mol. The van der Waals surface area contributed by atoms with Crippen LogP contribution >= 0.6 is 24.0 Å². The predicted molar refractivity (Wildman–Crippen MR) is 69.5 cm³/mol. The summed E-state index contributed by atoms with van der Waals surface area (Å²) < 4.78 is 5.71. The third kappa shape index (κ3) is 2.07. The quantitative estimate of drug-likeness (QED) is 0.575. The van der Waals surface area contributed by atoms with E-state index in [9.17, 15) is 4.79 Å². The third-order valence-corrected chi connectivity index (χ3v) is 5.03. The van der Waals surface area contributed by atoms with Crippen molar-refractivity contribution in [1.29, 1.82) is 0 Å². The molecule has 0 bridgehead atoms. The molecule has 0 radical (unpaired) electrons. The second kappa shape index (κ2) is 3.88. The zero-order valence-corrected chi connectivity index (χ0v) is 11.2. The molecule has 2 saturated heterocycles. The van der Waals surface area contributed by atoms with E-state index in [2.05, 4.69) is 13.8 Å². The molecule has 3 nitrogen and oxygen atoms in total. The van der Waals surface area contributed by atoms with Gasteiger partial charge in [0.25, 0.3) is 0 Å². The highest BCUT2D eigenvalue weighted by molar-refractivity contribution is 8.00. The van der Waals surface area contributed by atoms with E-state index in [0.717, 1.165) is 18.6 Å². The number of esters is 1. The van der Waals surface area contributed by atoms with Crippen molar-refractivity contribution in [2.45, 2.75) is 43.5 Å². The van der Waals surface area contributed by atoms with Gasteiger partial charge in [0, 0.05) is 11.2 Å². The lowest BCUT2D eigenvalue weighted by Crippen LogP contribution is -2.49. The summed E-state index contributed by atoms with van der Waals surface area (Å²) in [6.07, 6.45) is 2.07. The second-order valence-electron chi connectivity index (χ2n) is 5.23. The van der Waals surface area contributed by atoms with Crippen LogP contribution in [0, 0.1) is 5.92 Å². The molecule has 2 aliphatic rings. The number of rotatable bonds is 1. The first-order valence-electron chi connectivity index (χ1n) is 5.50.